The van der Waals surface area contributed by atoms with Gasteiger partial charge in [0.2, 0.25) is 6.04 Å². The van der Waals surface area contributed by atoms with Crippen LogP contribution in [0.5, 0.6) is 0 Å². The van der Waals surface area contributed by atoms with Gasteiger partial charge in [-0.05, 0) is 47.6 Å². The third-order valence-electron chi connectivity index (χ3n) is 2.51. The van der Waals surface area contributed by atoms with Crippen molar-refractivity contribution in [2.45, 2.75) is 24.9 Å². The summed E-state index contributed by atoms with van der Waals surface area (Å²) in [6, 6.07) is 5.11. The van der Waals surface area contributed by atoms with Gasteiger partial charge in [0.15, 0.2) is 0 Å². The molecule has 1 aromatic rings. The van der Waals surface area contributed by atoms with Crippen molar-refractivity contribution in [3.05, 3.63) is 27.6 Å². The fourth-order valence-electron chi connectivity index (χ4n) is 1.33. The van der Waals surface area contributed by atoms with Crippen molar-refractivity contribution in [1.82, 2.24) is 5.32 Å². The Labute approximate surface area is 123 Å². The Morgan fingerprint density at radius 3 is 2.95 bits per heavy atom. The number of nitriles is 1. The van der Waals surface area contributed by atoms with E-state index in [1.807, 2.05) is 0 Å². The number of carbonyl (C=O) groups is 1. The molecule has 98 valence electrons. The highest BCUT2D eigenvalue weighted by atomic mass is 127. The van der Waals surface area contributed by atoms with Crippen molar-refractivity contribution in [2.24, 2.45) is 10.2 Å². The number of amides is 1. The highest BCUT2D eigenvalue weighted by Crippen LogP contribution is 2.24. The first-order valence-corrected chi connectivity index (χ1v) is 6.74. The van der Waals surface area contributed by atoms with Crippen LogP contribution in [0.2, 0.25) is 0 Å². The average molecular weight is 372 g/mol. The number of benzene rings is 1. The second-order valence-electron chi connectivity index (χ2n) is 4.10. The van der Waals surface area contributed by atoms with Crippen LogP contribution < -0.4 is 5.32 Å². The molecule has 0 aromatic heterocycles. The molecule has 1 amide bonds. The molecular weight excluding hydrogens is 362 g/mol. The van der Waals surface area contributed by atoms with E-state index in [-0.39, 0.29) is 6.04 Å². The van der Waals surface area contributed by atoms with Gasteiger partial charge >= 0.3 is 0 Å². The zero-order chi connectivity index (χ0) is 13.8. The number of rotatable bonds is 4. The fraction of sp³-hybridized carbons (Fsp3) is 0.333. The Kier molecular flexibility index (Phi) is 4.42. The van der Waals surface area contributed by atoms with E-state index < -0.39 is 17.8 Å². The minimum atomic E-state index is -1.19. The number of nitrogens with zero attached hydrogens (tertiary/aromatic N) is 3. The van der Waals surface area contributed by atoms with E-state index in [2.05, 4.69) is 15.5 Å². The van der Waals surface area contributed by atoms with Crippen LogP contribution in [0, 0.1) is 20.7 Å². The molecule has 1 aliphatic carbocycles. The third kappa shape index (κ3) is 3.70. The van der Waals surface area contributed by atoms with Crippen molar-refractivity contribution >= 4 is 34.2 Å². The Morgan fingerprint density at radius 1 is 1.58 bits per heavy atom. The second-order valence-corrected chi connectivity index (χ2v) is 5.18. The highest BCUT2D eigenvalue weighted by molar-refractivity contribution is 14.1. The maximum absolute atomic E-state index is 13.3. The predicted octanol–water partition coefficient (Wildman–Crippen LogP) is 2.68. The van der Waals surface area contributed by atoms with Gasteiger partial charge in [-0.25, -0.2) is 4.39 Å². The molecule has 1 atom stereocenters. The topological polar surface area (TPSA) is 77.6 Å². The second kappa shape index (κ2) is 6.06. The summed E-state index contributed by atoms with van der Waals surface area (Å²) in [6.07, 6.45) is 1.87. The van der Waals surface area contributed by atoms with Crippen molar-refractivity contribution in [1.29, 1.82) is 5.26 Å². The quantitative estimate of drug-likeness (QED) is 0.652. The molecule has 0 saturated heterocycles. The first-order valence-electron chi connectivity index (χ1n) is 5.66. The van der Waals surface area contributed by atoms with E-state index in [9.17, 15) is 9.18 Å². The normalized spacial score (nSPS) is 16.1. The summed E-state index contributed by atoms with van der Waals surface area (Å²) in [7, 11) is 0. The van der Waals surface area contributed by atoms with Crippen LogP contribution in [-0.2, 0) is 4.79 Å². The molecule has 1 aromatic carbocycles. The van der Waals surface area contributed by atoms with E-state index in [0.717, 1.165) is 12.8 Å². The summed E-state index contributed by atoms with van der Waals surface area (Å²) in [5, 5.41) is 19.0. The molecule has 1 unspecified atom stereocenters. The summed E-state index contributed by atoms with van der Waals surface area (Å²) in [6.45, 7) is 0. The maximum atomic E-state index is 13.3. The summed E-state index contributed by atoms with van der Waals surface area (Å²) in [5.74, 6) is -0.867. The van der Waals surface area contributed by atoms with Gasteiger partial charge in [0.1, 0.15) is 17.6 Å². The number of nitrogens with one attached hydrogen (secondary N) is 1. The Balaban J connectivity index is 2.08. The molecule has 2 rings (SSSR count). The zero-order valence-corrected chi connectivity index (χ0v) is 12.0. The summed E-state index contributed by atoms with van der Waals surface area (Å²) < 4.78 is 13.6. The lowest BCUT2D eigenvalue weighted by atomic mass is 10.3. The highest BCUT2D eigenvalue weighted by Gasteiger charge is 2.27. The average Bonchev–Trinajstić information content (AvgIpc) is 3.19. The number of carbonyl (C=O) groups excluding carboxylic acids is 1. The first kappa shape index (κ1) is 13.9. The van der Waals surface area contributed by atoms with E-state index in [4.69, 9.17) is 5.26 Å². The number of halogens is 2. The molecule has 0 heterocycles. The van der Waals surface area contributed by atoms with Crippen molar-refractivity contribution in [3.8, 4) is 6.07 Å². The largest absolute Gasteiger partial charge is 0.351 e. The lowest BCUT2D eigenvalue weighted by Crippen LogP contribution is -2.33. The van der Waals surface area contributed by atoms with Crippen LogP contribution in [0.4, 0.5) is 10.1 Å². The molecule has 1 aliphatic rings. The predicted molar refractivity (Wildman–Crippen MR) is 74.2 cm³/mol. The SMILES string of the molecule is N#CC(N=Nc1cccc(F)c1I)C(=O)NC1CC1. The van der Waals surface area contributed by atoms with Crippen LogP contribution in [-0.4, -0.2) is 18.0 Å². The van der Waals surface area contributed by atoms with Crippen LogP contribution in [0.15, 0.2) is 28.4 Å². The van der Waals surface area contributed by atoms with Gasteiger partial charge in [-0.2, -0.15) is 15.5 Å². The van der Waals surface area contributed by atoms with E-state index in [1.54, 1.807) is 34.7 Å². The van der Waals surface area contributed by atoms with Gasteiger partial charge in [-0.3, -0.25) is 4.79 Å². The van der Waals surface area contributed by atoms with Crippen LogP contribution >= 0.6 is 22.6 Å². The van der Waals surface area contributed by atoms with Crippen LogP contribution in [0.1, 0.15) is 12.8 Å². The molecule has 5 nitrogen and oxygen atoms in total. The molecule has 1 N–H and O–H groups in total. The monoisotopic (exact) mass is 372 g/mol. The minimum Gasteiger partial charge on any atom is -0.351 e. The Bertz CT molecular complexity index is 565. The molecule has 19 heavy (non-hydrogen) atoms. The first-order chi connectivity index (χ1) is 9.11. The van der Waals surface area contributed by atoms with Crippen LogP contribution in [0.25, 0.3) is 0 Å². The van der Waals surface area contributed by atoms with Gasteiger partial charge in [0, 0.05) is 6.04 Å². The van der Waals surface area contributed by atoms with Gasteiger partial charge < -0.3 is 5.32 Å². The fourth-order valence-corrected chi connectivity index (χ4v) is 1.80. The molecular formula is C12H10FIN4O. The van der Waals surface area contributed by atoms with Gasteiger partial charge in [-0.1, -0.05) is 6.07 Å². The van der Waals surface area contributed by atoms with E-state index >= 15 is 0 Å². The van der Waals surface area contributed by atoms with Gasteiger partial charge in [0.25, 0.3) is 5.91 Å². The van der Waals surface area contributed by atoms with Crippen molar-refractivity contribution in [3.63, 3.8) is 0 Å². The minimum absolute atomic E-state index is 0.160. The number of hydrogen-bond acceptors (Lipinski definition) is 4. The molecule has 0 radical (unpaired) electrons. The third-order valence-corrected chi connectivity index (χ3v) is 3.57. The Hall–Kier alpha value is -1.56. The smallest absolute Gasteiger partial charge is 0.261 e. The van der Waals surface area contributed by atoms with Crippen molar-refractivity contribution < 1.29 is 9.18 Å². The lowest BCUT2D eigenvalue weighted by Gasteiger charge is -2.04. The van der Waals surface area contributed by atoms with E-state index in [0.29, 0.717) is 9.26 Å². The van der Waals surface area contributed by atoms with Gasteiger partial charge in [0.05, 0.1) is 3.57 Å². The number of azo groups is 1. The Morgan fingerprint density at radius 2 is 2.32 bits per heavy atom. The molecule has 0 spiro atoms. The van der Waals surface area contributed by atoms with Crippen molar-refractivity contribution in [2.75, 3.05) is 0 Å². The maximum Gasteiger partial charge on any atom is 0.261 e. The summed E-state index contributed by atoms with van der Waals surface area (Å²) >= 11 is 1.80. The molecule has 0 aliphatic heterocycles. The summed E-state index contributed by atoms with van der Waals surface area (Å²) in [5.41, 5.74) is 0.306. The lowest BCUT2D eigenvalue weighted by molar-refractivity contribution is -0.121. The molecule has 7 heteroatoms. The standard InChI is InChI=1S/C12H10FIN4O/c13-8-2-1-3-9(11(8)14)17-18-10(6-15)12(19)16-7-4-5-7/h1-3,7,10H,4-5H2,(H,16,19). The molecule has 1 saturated carbocycles. The van der Waals surface area contributed by atoms with E-state index in [1.165, 1.54) is 12.1 Å². The molecule has 1 fully saturated rings. The molecule has 0 bridgehead atoms. The van der Waals surface area contributed by atoms with Crippen LogP contribution in [0.3, 0.4) is 0 Å². The summed E-state index contributed by atoms with van der Waals surface area (Å²) in [4.78, 5) is 11.6. The zero-order valence-electron chi connectivity index (χ0n) is 9.81. The number of hydrogen-bond donors (Lipinski definition) is 1. The van der Waals surface area contributed by atoms with Gasteiger partial charge in [-0.15, -0.1) is 0 Å².